The van der Waals surface area contributed by atoms with Gasteiger partial charge in [-0.25, -0.2) is 10.2 Å². The van der Waals surface area contributed by atoms with Gasteiger partial charge in [-0.3, -0.25) is 10.2 Å². The number of hydrogen-bond acceptors (Lipinski definition) is 4. The molecule has 0 saturated heterocycles. The van der Waals surface area contributed by atoms with Gasteiger partial charge in [0.2, 0.25) is 0 Å². The quantitative estimate of drug-likeness (QED) is 0.470. The van der Waals surface area contributed by atoms with Crippen molar-refractivity contribution in [1.29, 1.82) is 0 Å². The highest BCUT2D eigenvalue weighted by Gasteiger charge is 2.14. The molecule has 0 radical (unpaired) electrons. The Morgan fingerprint density at radius 3 is 2.28 bits per heavy atom. The van der Waals surface area contributed by atoms with Gasteiger partial charge in [-0.2, -0.15) is 0 Å². The number of carbonyl (C=O) groups excluding carboxylic acids is 2. The van der Waals surface area contributed by atoms with Crippen LogP contribution < -0.4 is 22.3 Å². The number of phenolic OH excluding ortho intramolecular Hbond substituents is 1. The molecule has 0 aliphatic carbocycles. The summed E-state index contributed by atoms with van der Waals surface area (Å²) in [6.45, 7) is 0. The number of carbonyl (C=O) groups is 2. The largest absolute Gasteiger partial charge is 0.508 e. The summed E-state index contributed by atoms with van der Waals surface area (Å²) in [5.41, 5.74) is 15.2. The molecule has 7 N–H and O–H groups in total. The molecule has 0 saturated carbocycles. The van der Waals surface area contributed by atoms with Crippen molar-refractivity contribution >= 4 is 24.3 Å². The van der Waals surface area contributed by atoms with Crippen molar-refractivity contribution in [1.82, 2.24) is 10.9 Å². The van der Waals surface area contributed by atoms with Crippen molar-refractivity contribution in [3.8, 4) is 5.75 Å². The first kappa shape index (κ1) is 16.0. The highest BCUT2D eigenvalue weighted by molar-refractivity contribution is 5.85. The molecule has 1 aromatic carbocycles. The summed E-state index contributed by atoms with van der Waals surface area (Å²) in [5.74, 6) is -0.404. The van der Waals surface area contributed by atoms with Crippen LogP contribution in [-0.4, -0.2) is 23.1 Å². The number of hydrazine groups is 1. The molecule has 0 heterocycles. The molecule has 1 rings (SSSR count). The predicted molar refractivity (Wildman–Crippen MR) is 67.9 cm³/mol. The lowest BCUT2D eigenvalue weighted by atomic mass is 10.1. The third-order valence-electron chi connectivity index (χ3n) is 2.04. The number of halogens is 1. The number of phenols is 1. The minimum Gasteiger partial charge on any atom is -0.508 e. The highest BCUT2D eigenvalue weighted by atomic mass is 35.5. The maximum absolute atomic E-state index is 11.4. The molecule has 18 heavy (non-hydrogen) atoms. The number of amides is 3. The highest BCUT2D eigenvalue weighted by Crippen LogP contribution is 2.10. The molecule has 0 fully saturated rings. The molecule has 1 unspecified atom stereocenters. The molecule has 7 nitrogen and oxygen atoms in total. The van der Waals surface area contributed by atoms with Gasteiger partial charge >= 0.3 is 6.03 Å². The van der Waals surface area contributed by atoms with Gasteiger partial charge in [0.1, 0.15) is 5.75 Å². The van der Waals surface area contributed by atoms with Gasteiger partial charge < -0.3 is 16.6 Å². The van der Waals surface area contributed by atoms with Gasteiger partial charge in [-0.1, -0.05) is 12.1 Å². The molecular formula is C10H15ClN4O3. The van der Waals surface area contributed by atoms with Gasteiger partial charge in [0.15, 0.2) is 0 Å². The van der Waals surface area contributed by atoms with Crippen LogP contribution >= 0.6 is 12.4 Å². The third kappa shape index (κ3) is 5.37. The Morgan fingerprint density at radius 1 is 1.22 bits per heavy atom. The van der Waals surface area contributed by atoms with E-state index in [9.17, 15) is 9.59 Å². The van der Waals surface area contributed by atoms with Crippen molar-refractivity contribution in [2.75, 3.05) is 0 Å². The number of aromatic hydroxyl groups is 1. The lowest BCUT2D eigenvalue weighted by Gasteiger charge is -2.12. The topological polar surface area (TPSA) is 130 Å². The second kappa shape index (κ2) is 7.36. The Hall–Kier alpha value is -1.99. The van der Waals surface area contributed by atoms with E-state index < -0.39 is 18.0 Å². The average molecular weight is 275 g/mol. The lowest BCUT2D eigenvalue weighted by Crippen LogP contribution is -2.51. The number of benzene rings is 1. The molecule has 100 valence electrons. The first-order valence-electron chi connectivity index (χ1n) is 4.88. The maximum Gasteiger partial charge on any atom is 0.330 e. The Labute approximate surface area is 110 Å². The van der Waals surface area contributed by atoms with Crippen LogP contribution in [0.3, 0.4) is 0 Å². The summed E-state index contributed by atoms with van der Waals surface area (Å²) in [7, 11) is 0. The average Bonchev–Trinajstić information content (AvgIpc) is 2.28. The fraction of sp³-hybridized carbons (Fsp3) is 0.200. The lowest BCUT2D eigenvalue weighted by molar-refractivity contribution is -0.123. The number of nitrogens with one attached hydrogen (secondary N) is 2. The molecular weight excluding hydrogens is 260 g/mol. The van der Waals surface area contributed by atoms with Crippen LogP contribution in [0.4, 0.5) is 4.79 Å². The summed E-state index contributed by atoms with van der Waals surface area (Å²) in [6, 6.07) is 4.64. The first-order valence-corrected chi connectivity index (χ1v) is 4.88. The van der Waals surface area contributed by atoms with Crippen LogP contribution in [0.1, 0.15) is 5.56 Å². The van der Waals surface area contributed by atoms with E-state index in [0.717, 1.165) is 5.56 Å². The second-order valence-corrected chi connectivity index (χ2v) is 3.46. The zero-order valence-corrected chi connectivity index (χ0v) is 10.2. The van der Waals surface area contributed by atoms with Crippen LogP contribution in [0.25, 0.3) is 0 Å². The van der Waals surface area contributed by atoms with Gasteiger partial charge in [0, 0.05) is 0 Å². The van der Waals surface area contributed by atoms with Crippen molar-refractivity contribution < 1.29 is 14.7 Å². The normalized spacial score (nSPS) is 10.9. The molecule has 0 aliphatic rings. The number of urea groups is 1. The predicted octanol–water partition coefficient (Wildman–Crippen LogP) is -0.617. The summed E-state index contributed by atoms with van der Waals surface area (Å²) in [4.78, 5) is 21.7. The maximum atomic E-state index is 11.4. The number of rotatable bonds is 3. The van der Waals surface area contributed by atoms with Crippen LogP contribution in [0.5, 0.6) is 5.75 Å². The fourth-order valence-corrected chi connectivity index (χ4v) is 1.19. The van der Waals surface area contributed by atoms with E-state index in [-0.39, 0.29) is 24.6 Å². The van der Waals surface area contributed by atoms with E-state index in [0.29, 0.717) is 0 Å². The van der Waals surface area contributed by atoms with Gasteiger partial charge in [-0.05, 0) is 24.1 Å². The summed E-state index contributed by atoms with van der Waals surface area (Å²) < 4.78 is 0. The fourth-order valence-electron chi connectivity index (χ4n) is 1.19. The van der Waals surface area contributed by atoms with Crippen molar-refractivity contribution in [3.63, 3.8) is 0 Å². The standard InChI is InChI=1S/C10H14N4O3.ClH/c11-8(9(16)13-14-10(12)17)5-6-1-3-7(15)4-2-6;/h1-4,8,15H,5,11H2,(H,13,16)(H3,12,14,17);1H. The van der Waals surface area contributed by atoms with Gasteiger partial charge in [0.05, 0.1) is 6.04 Å². The van der Waals surface area contributed by atoms with E-state index in [1.807, 2.05) is 5.43 Å². The first-order chi connectivity index (χ1) is 7.99. The number of hydrogen-bond donors (Lipinski definition) is 5. The zero-order valence-electron chi connectivity index (χ0n) is 9.42. The Kier molecular flexibility index (Phi) is 6.54. The Bertz CT molecular complexity index is 410. The van der Waals surface area contributed by atoms with E-state index in [4.69, 9.17) is 16.6 Å². The molecule has 0 bridgehead atoms. The Morgan fingerprint density at radius 2 is 1.78 bits per heavy atom. The minimum atomic E-state index is -0.866. The molecule has 0 spiro atoms. The van der Waals surface area contributed by atoms with Crippen LogP contribution in [0, 0.1) is 0 Å². The van der Waals surface area contributed by atoms with Gasteiger partial charge in [-0.15, -0.1) is 12.4 Å². The molecule has 0 aliphatic heterocycles. The summed E-state index contributed by atoms with van der Waals surface area (Å²) in [6.07, 6.45) is 0.284. The molecule has 1 aromatic rings. The SMILES string of the molecule is Cl.NC(=O)NNC(=O)C(N)Cc1ccc(O)cc1. The van der Waals surface area contributed by atoms with E-state index in [2.05, 4.69) is 5.43 Å². The van der Waals surface area contributed by atoms with Crippen LogP contribution in [0.15, 0.2) is 24.3 Å². The summed E-state index contributed by atoms with van der Waals surface area (Å²) in [5, 5.41) is 9.07. The number of primary amides is 1. The van der Waals surface area contributed by atoms with Gasteiger partial charge in [0.25, 0.3) is 5.91 Å². The monoisotopic (exact) mass is 274 g/mol. The van der Waals surface area contributed by atoms with E-state index >= 15 is 0 Å². The number of nitrogens with two attached hydrogens (primary N) is 2. The third-order valence-corrected chi connectivity index (χ3v) is 2.04. The van der Waals surface area contributed by atoms with Crippen molar-refractivity contribution in [3.05, 3.63) is 29.8 Å². The zero-order chi connectivity index (χ0) is 12.8. The van der Waals surface area contributed by atoms with E-state index in [1.165, 1.54) is 12.1 Å². The summed E-state index contributed by atoms with van der Waals surface area (Å²) >= 11 is 0. The molecule has 0 aromatic heterocycles. The van der Waals surface area contributed by atoms with Crippen LogP contribution in [0.2, 0.25) is 0 Å². The smallest absolute Gasteiger partial charge is 0.330 e. The molecule has 8 heteroatoms. The minimum absolute atomic E-state index is 0. The molecule has 3 amide bonds. The van der Waals surface area contributed by atoms with Crippen molar-refractivity contribution in [2.45, 2.75) is 12.5 Å². The second-order valence-electron chi connectivity index (χ2n) is 3.46. The Balaban J connectivity index is 0.00000289. The van der Waals surface area contributed by atoms with Crippen molar-refractivity contribution in [2.24, 2.45) is 11.5 Å². The van der Waals surface area contributed by atoms with Crippen LogP contribution in [-0.2, 0) is 11.2 Å². The van der Waals surface area contributed by atoms with E-state index in [1.54, 1.807) is 12.1 Å². The molecule has 1 atom stereocenters.